The van der Waals surface area contributed by atoms with Crippen molar-refractivity contribution in [3.63, 3.8) is 0 Å². The monoisotopic (exact) mass is 418 g/mol. The van der Waals surface area contributed by atoms with Crippen molar-refractivity contribution in [2.45, 2.75) is 0 Å². The Morgan fingerprint density at radius 2 is 1.67 bits per heavy atom. The molecule has 2 aromatic carbocycles. The van der Waals surface area contributed by atoms with Crippen molar-refractivity contribution in [3.8, 4) is 10.6 Å². The molecule has 0 bridgehead atoms. The van der Waals surface area contributed by atoms with E-state index in [1.165, 1.54) is 20.3 Å². The van der Waals surface area contributed by atoms with Gasteiger partial charge in [-0.1, -0.05) is 18.2 Å². The second-order valence-corrected chi connectivity index (χ2v) is 7.38. The summed E-state index contributed by atoms with van der Waals surface area (Å²) in [6.07, 6.45) is 6.64. The zero-order valence-electron chi connectivity index (χ0n) is 16.4. The van der Waals surface area contributed by atoms with E-state index in [9.17, 15) is 9.59 Å². The Morgan fingerprint density at radius 3 is 2.37 bits per heavy atom. The molecule has 7 heteroatoms. The fourth-order valence-corrected chi connectivity index (χ4v) is 4.10. The Balaban J connectivity index is 1.74. The van der Waals surface area contributed by atoms with Crippen LogP contribution < -0.4 is 4.90 Å². The minimum atomic E-state index is -0.637. The van der Waals surface area contributed by atoms with Crippen LogP contribution in [0.25, 0.3) is 20.8 Å². The largest absolute Gasteiger partial charge is 0.465 e. The average molecular weight is 418 g/mol. The predicted molar refractivity (Wildman–Crippen MR) is 117 cm³/mol. The van der Waals surface area contributed by atoms with Crippen molar-refractivity contribution in [1.82, 2.24) is 4.98 Å². The van der Waals surface area contributed by atoms with Gasteiger partial charge in [0, 0.05) is 17.5 Å². The Labute approximate surface area is 177 Å². The highest BCUT2D eigenvalue weighted by atomic mass is 32.1. The molecule has 0 radical (unpaired) electrons. The van der Waals surface area contributed by atoms with Crippen molar-refractivity contribution in [3.05, 3.63) is 84.2 Å². The third-order valence-electron chi connectivity index (χ3n) is 4.58. The van der Waals surface area contributed by atoms with Gasteiger partial charge in [-0.25, -0.2) is 14.6 Å². The maximum Gasteiger partial charge on any atom is 0.355 e. The van der Waals surface area contributed by atoms with Crippen LogP contribution in [0.4, 0.5) is 5.69 Å². The Kier molecular flexibility index (Phi) is 5.45. The summed E-state index contributed by atoms with van der Waals surface area (Å²) in [6.45, 7) is 0. The van der Waals surface area contributed by atoms with Crippen LogP contribution in [0.15, 0.2) is 84.2 Å². The smallest absolute Gasteiger partial charge is 0.355 e. The summed E-state index contributed by atoms with van der Waals surface area (Å²) >= 11 is 1.62. The number of anilines is 1. The first-order chi connectivity index (χ1) is 14.6. The highest BCUT2D eigenvalue weighted by Crippen LogP contribution is 2.32. The quantitative estimate of drug-likeness (QED) is 0.583. The molecule has 6 nitrogen and oxygen atoms in total. The number of rotatable bonds is 4. The van der Waals surface area contributed by atoms with Crippen molar-refractivity contribution < 1.29 is 19.1 Å². The maximum absolute atomic E-state index is 12.5. The van der Waals surface area contributed by atoms with Gasteiger partial charge < -0.3 is 14.4 Å². The molecule has 1 aliphatic heterocycles. The molecule has 1 aromatic heterocycles. The molecule has 0 spiro atoms. The SMILES string of the molecule is COC(=O)C1=C(C(=O)OC)N(c2ccc(-c3nc4ccccc4s3)cc2)C=CC=C1. The molecule has 3 aromatic rings. The molecule has 0 saturated carbocycles. The first-order valence-electron chi connectivity index (χ1n) is 9.13. The fraction of sp³-hybridized carbons (Fsp3) is 0.0870. The number of carbonyl (C=O) groups excluding carboxylic acids is 2. The van der Waals surface area contributed by atoms with Crippen LogP contribution in [0, 0.1) is 0 Å². The summed E-state index contributed by atoms with van der Waals surface area (Å²) in [6, 6.07) is 15.6. The van der Waals surface area contributed by atoms with Gasteiger partial charge >= 0.3 is 11.9 Å². The Bertz CT molecular complexity index is 1170. The summed E-state index contributed by atoms with van der Waals surface area (Å²) in [5, 5.41) is 0.912. The van der Waals surface area contributed by atoms with Gasteiger partial charge in [0.2, 0.25) is 0 Å². The van der Waals surface area contributed by atoms with E-state index in [0.29, 0.717) is 5.69 Å². The zero-order valence-corrected chi connectivity index (χ0v) is 17.2. The molecule has 4 rings (SSSR count). The lowest BCUT2D eigenvalue weighted by Gasteiger charge is -2.23. The van der Waals surface area contributed by atoms with Crippen LogP contribution in [0.3, 0.4) is 0 Å². The van der Waals surface area contributed by atoms with Gasteiger partial charge in [0.1, 0.15) is 10.7 Å². The van der Waals surface area contributed by atoms with Crippen LogP contribution in [0.5, 0.6) is 0 Å². The number of nitrogens with zero attached hydrogens (tertiary/aromatic N) is 2. The number of aromatic nitrogens is 1. The lowest BCUT2D eigenvalue weighted by atomic mass is 10.1. The number of esters is 2. The number of thiazole rings is 1. The van der Waals surface area contributed by atoms with Crippen molar-refractivity contribution in [2.24, 2.45) is 0 Å². The summed E-state index contributed by atoms with van der Waals surface area (Å²) < 4.78 is 10.9. The zero-order chi connectivity index (χ0) is 21.1. The molecule has 0 atom stereocenters. The van der Waals surface area contributed by atoms with Gasteiger partial charge in [-0.2, -0.15) is 0 Å². The van der Waals surface area contributed by atoms with Crippen LogP contribution in [0.2, 0.25) is 0 Å². The third kappa shape index (κ3) is 3.62. The molecule has 150 valence electrons. The minimum Gasteiger partial charge on any atom is -0.465 e. The molecular weight excluding hydrogens is 400 g/mol. The van der Waals surface area contributed by atoms with Crippen molar-refractivity contribution in [1.29, 1.82) is 0 Å². The lowest BCUT2D eigenvalue weighted by Crippen LogP contribution is -2.26. The molecule has 0 aliphatic carbocycles. The van der Waals surface area contributed by atoms with Gasteiger partial charge in [0.25, 0.3) is 0 Å². The first-order valence-corrected chi connectivity index (χ1v) is 9.95. The summed E-state index contributed by atoms with van der Waals surface area (Å²) in [4.78, 5) is 31.1. The number of benzene rings is 2. The molecule has 1 aliphatic rings. The van der Waals surface area contributed by atoms with Crippen LogP contribution >= 0.6 is 11.3 Å². The normalized spacial score (nSPS) is 13.5. The van der Waals surface area contributed by atoms with Crippen molar-refractivity contribution in [2.75, 3.05) is 19.1 Å². The van der Waals surface area contributed by atoms with Crippen molar-refractivity contribution >= 4 is 39.2 Å². The number of fused-ring (bicyclic) bond motifs is 1. The lowest BCUT2D eigenvalue weighted by molar-refractivity contribution is -0.139. The van der Waals surface area contributed by atoms with Crippen LogP contribution in [0.1, 0.15) is 0 Å². The van der Waals surface area contributed by atoms with E-state index in [-0.39, 0.29) is 11.3 Å². The van der Waals surface area contributed by atoms with E-state index < -0.39 is 11.9 Å². The topological polar surface area (TPSA) is 68.7 Å². The van der Waals surface area contributed by atoms with E-state index in [1.807, 2.05) is 48.5 Å². The van der Waals surface area contributed by atoms with E-state index in [0.717, 1.165) is 20.8 Å². The molecule has 0 N–H and O–H groups in total. The van der Waals surface area contributed by atoms with Gasteiger partial charge in [0.15, 0.2) is 0 Å². The van der Waals surface area contributed by atoms with E-state index in [1.54, 1.807) is 34.6 Å². The summed E-state index contributed by atoms with van der Waals surface area (Å²) in [7, 11) is 2.55. The molecule has 0 saturated heterocycles. The predicted octanol–water partition coefficient (Wildman–Crippen LogP) is 4.45. The Hall–Kier alpha value is -3.71. The van der Waals surface area contributed by atoms with Gasteiger partial charge in [0.05, 0.1) is 30.0 Å². The van der Waals surface area contributed by atoms with E-state index >= 15 is 0 Å². The fourth-order valence-electron chi connectivity index (χ4n) is 3.13. The number of para-hydroxylation sites is 1. The molecule has 0 amide bonds. The number of methoxy groups -OCH3 is 2. The summed E-state index contributed by atoms with van der Waals surface area (Å²) in [5.41, 5.74) is 2.82. The second kappa shape index (κ2) is 8.34. The van der Waals surface area contributed by atoms with Gasteiger partial charge in [-0.15, -0.1) is 11.3 Å². The summed E-state index contributed by atoms with van der Waals surface area (Å²) in [5.74, 6) is -1.26. The van der Waals surface area contributed by atoms with Gasteiger partial charge in [-0.3, -0.25) is 0 Å². The molecular formula is C23H18N2O4S. The maximum atomic E-state index is 12.5. The average Bonchev–Trinajstić information content (AvgIpc) is 3.10. The van der Waals surface area contributed by atoms with Crippen LogP contribution in [-0.4, -0.2) is 31.1 Å². The minimum absolute atomic E-state index is 0.0853. The third-order valence-corrected chi connectivity index (χ3v) is 5.66. The number of hydrogen-bond donors (Lipinski definition) is 0. The molecule has 30 heavy (non-hydrogen) atoms. The number of ether oxygens (including phenoxy) is 2. The number of allylic oxidation sites excluding steroid dienone is 2. The number of carbonyl (C=O) groups is 2. The molecule has 2 heterocycles. The van der Waals surface area contributed by atoms with Gasteiger partial charge in [-0.05, 0) is 48.6 Å². The van der Waals surface area contributed by atoms with E-state index in [2.05, 4.69) is 4.98 Å². The Morgan fingerprint density at radius 1 is 0.933 bits per heavy atom. The standard InChI is InChI=1S/C23H18N2O4S/c1-28-22(26)17-7-5-6-14-25(20(17)23(27)29-2)16-12-10-15(11-13-16)21-24-18-8-3-4-9-19(18)30-21/h3-14H,1-2H3. The molecule has 0 fully saturated rings. The van der Waals surface area contributed by atoms with Crippen LogP contribution in [-0.2, 0) is 19.1 Å². The van der Waals surface area contributed by atoms with E-state index in [4.69, 9.17) is 9.47 Å². The molecule has 0 unspecified atom stereocenters. The second-order valence-electron chi connectivity index (χ2n) is 6.35. The highest BCUT2D eigenvalue weighted by molar-refractivity contribution is 7.21. The number of hydrogen-bond acceptors (Lipinski definition) is 7. The first kappa shape index (κ1) is 19.6. The highest BCUT2D eigenvalue weighted by Gasteiger charge is 2.27.